The Hall–Kier alpha value is -3.04. The van der Waals surface area contributed by atoms with Gasteiger partial charge in [0.2, 0.25) is 0 Å². The molecule has 2 N–H and O–H groups in total. The lowest BCUT2D eigenvalue weighted by Crippen LogP contribution is -2.49. The maximum absolute atomic E-state index is 13.5. The average Bonchev–Trinajstić information content (AvgIpc) is 3.28. The SMILES string of the molecule is CC.CC(C)(C)C1CCC2(CC1)N=C(c1ccc(F)cc1)C(=O)N2Cc1ccc(C=O)cc1.CCCS.CNCCC(=O)O. The van der Waals surface area contributed by atoms with Gasteiger partial charge in [-0.2, -0.15) is 12.6 Å². The Kier molecular flexibility index (Phi) is 17.2. The molecule has 7 nitrogen and oxygen atoms in total. The molecule has 1 aliphatic carbocycles. The van der Waals surface area contributed by atoms with Crippen LogP contribution in [0.1, 0.15) is 102 Å². The molecule has 2 aliphatic rings. The van der Waals surface area contributed by atoms with E-state index in [9.17, 15) is 18.8 Å². The van der Waals surface area contributed by atoms with E-state index in [0.29, 0.717) is 35.8 Å². The first-order valence-electron chi connectivity index (χ1n) is 15.6. The Labute approximate surface area is 269 Å². The number of carbonyl (C=O) groups excluding carboxylic acids is 2. The van der Waals surface area contributed by atoms with Crippen molar-refractivity contribution in [1.29, 1.82) is 0 Å². The number of hydrogen-bond donors (Lipinski definition) is 3. The van der Waals surface area contributed by atoms with Crippen LogP contribution in [0.3, 0.4) is 0 Å². The highest BCUT2D eigenvalue weighted by molar-refractivity contribution is 7.80. The highest BCUT2D eigenvalue weighted by Crippen LogP contribution is 2.47. The van der Waals surface area contributed by atoms with Gasteiger partial charge in [-0.3, -0.25) is 19.4 Å². The maximum Gasteiger partial charge on any atom is 0.304 e. The van der Waals surface area contributed by atoms with Crippen molar-refractivity contribution in [2.75, 3.05) is 19.3 Å². The number of nitrogens with zero attached hydrogens (tertiary/aromatic N) is 2. The summed E-state index contributed by atoms with van der Waals surface area (Å²) >= 11 is 3.92. The van der Waals surface area contributed by atoms with E-state index in [-0.39, 0.29) is 23.6 Å². The molecule has 1 aliphatic heterocycles. The number of aliphatic imine (C=N–C) groups is 1. The first-order valence-corrected chi connectivity index (χ1v) is 16.2. The Balaban J connectivity index is 0.000000633. The van der Waals surface area contributed by atoms with Crippen molar-refractivity contribution in [3.63, 3.8) is 0 Å². The molecule has 0 bridgehead atoms. The van der Waals surface area contributed by atoms with E-state index in [4.69, 9.17) is 10.1 Å². The van der Waals surface area contributed by atoms with Crippen molar-refractivity contribution in [2.24, 2.45) is 16.3 Å². The molecular formula is C35H52FN3O4S. The fourth-order valence-corrected chi connectivity index (χ4v) is 5.09. The molecule has 1 fully saturated rings. The Morgan fingerprint density at radius 3 is 2.07 bits per heavy atom. The van der Waals surface area contributed by atoms with Crippen LogP contribution in [0.15, 0.2) is 53.5 Å². The standard InChI is InChI=1S/C26H29FN2O2.C4H9NO2.C3H8S.C2H6/c1-25(2,3)21-12-14-26(15-13-21)28-23(20-8-10-22(27)11-9-20)24(31)29(26)16-18-4-6-19(17-30)7-5-18;1-5-3-2-4(6)7;1-2-3-4;1-2/h4-11,17,21H,12-16H2,1-3H3;5H,2-3H2,1H3,(H,6,7);4H,2-3H2,1H3;1-2H3. The van der Waals surface area contributed by atoms with Crippen molar-refractivity contribution < 1.29 is 23.9 Å². The summed E-state index contributed by atoms with van der Waals surface area (Å²) in [6.45, 7) is 13.9. The quantitative estimate of drug-likeness (QED) is 0.208. The van der Waals surface area contributed by atoms with Gasteiger partial charge in [-0.25, -0.2) is 4.39 Å². The van der Waals surface area contributed by atoms with Crippen LogP contribution in [0.25, 0.3) is 0 Å². The number of carboxylic acid groups (broad SMARTS) is 1. The molecule has 9 heteroatoms. The summed E-state index contributed by atoms with van der Waals surface area (Å²) in [6.07, 6.45) is 5.86. The second kappa shape index (κ2) is 19.4. The maximum atomic E-state index is 13.5. The second-order valence-corrected chi connectivity index (χ2v) is 12.3. The number of rotatable bonds is 8. The predicted molar refractivity (Wildman–Crippen MR) is 181 cm³/mol. The topological polar surface area (TPSA) is 99.1 Å². The van der Waals surface area contributed by atoms with Gasteiger partial charge in [0.25, 0.3) is 5.91 Å². The second-order valence-electron chi connectivity index (χ2n) is 11.8. The van der Waals surface area contributed by atoms with E-state index >= 15 is 0 Å². The van der Waals surface area contributed by atoms with E-state index in [1.165, 1.54) is 18.6 Å². The summed E-state index contributed by atoms with van der Waals surface area (Å²) in [5.41, 5.74) is 2.31. The summed E-state index contributed by atoms with van der Waals surface area (Å²) in [4.78, 5) is 41.1. The molecule has 0 atom stereocenters. The molecule has 1 saturated carbocycles. The largest absolute Gasteiger partial charge is 0.481 e. The molecule has 244 valence electrons. The molecular weight excluding hydrogens is 577 g/mol. The van der Waals surface area contributed by atoms with Crippen LogP contribution >= 0.6 is 12.6 Å². The zero-order valence-corrected chi connectivity index (χ0v) is 28.4. The number of aliphatic carboxylic acids is 1. The number of halogens is 1. The third kappa shape index (κ3) is 11.8. The fraction of sp³-hybridized carbons (Fsp3) is 0.543. The summed E-state index contributed by atoms with van der Waals surface area (Å²) < 4.78 is 13.4. The summed E-state index contributed by atoms with van der Waals surface area (Å²) in [6, 6.07) is 13.3. The summed E-state index contributed by atoms with van der Waals surface area (Å²) in [5, 5.41) is 10.7. The number of amides is 1. The zero-order valence-electron chi connectivity index (χ0n) is 27.5. The number of benzene rings is 2. The highest BCUT2D eigenvalue weighted by atomic mass is 32.1. The Morgan fingerprint density at radius 2 is 1.66 bits per heavy atom. The monoisotopic (exact) mass is 629 g/mol. The van der Waals surface area contributed by atoms with Crippen LogP contribution in [-0.2, 0) is 16.1 Å². The van der Waals surface area contributed by atoms with Crippen LogP contribution in [0.4, 0.5) is 4.39 Å². The van der Waals surface area contributed by atoms with E-state index in [1.54, 1.807) is 31.3 Å². The smallest absolute Gasteiger partial charge is 0.304 e. The first-order chi connectivity index (χ1) is 20.9. The number of aldehydes is 1. The summed E-state index contributed by atoms with van der Waals surface area (Å²) in [5.74, 6) is 0.406. The van der Waals surface area contributed by atoms with Gasteiger partial charge in [0.05, 0.1) is 6.42 Å². The number of carbonyl (C=O) groups is 3. The van der Waals surface area contributed by atoms with Crippen LogP contribution < -0.4 is 5.32 Å². The molecule has 1 amide bonds. The van der Waals surface area contributed by atoms with E-state index in [0.717, 1.165) is 43.3 Å². The lowest BCUT2D eigenvalue weighted by atomic mass is 9.69. The Bertz CT molecular complexity index is 1180. The minimum atomic E-state index is -0.755. The fourth-order valence-electron chi connectivity index (χ4n) is 5.09. The number of carboxylic acids is 1. The normalized spacial score (nSPS) is 19.0. The molecule has 44 heavy (non-hydrogen) atoms. The van der Waals surface area contributed by atoms with Crippen LogP contribution in [0.2, 0.25) is 0 Å². The molecule has 1 spiro atoms. The molecule has 0 saturated heterocycles. The number of nitrogens with one attached hydrogen (secondary N) is 1. The molecule has 2 aromatic rings. The van der Waals surface area contributed by atoms with Gasteiger partial charge in [-0.1, -0.05) is 65.8 Å². The zero-order chi connectivity index (χ0) is 33.3. The van der Waals surface area contributed by atoms with Gasteiger partial charge >= 0.3 is 5.97 Å². The van der Waals surface area contributed by atoms with E-state index in [1.807, 2.05) is 30.9 Å². The van der Waals surface area contributed by atoms with Crippen molar-refractivity contribution in [3.8, 4) is 0 Å². The van der Waals surface area contributed by atoms with Crippen LogP contribution in [-0.4, -0.2) is 58.9 Å². The van der Waals surface area contributed by atoms with Gasteiger partial charge in [0, 0.05) is 24.2 Å². The number of thiol groups is 1. The minimum Gasteiger partial charge on any atom is -0.481 e. The highest BCUT2D eigenvalue weighted by Gasteiger charge is 2.50. The van der Waals surface area contributed by atoms with Gasteiger partial charge in [0.1, 0.15) is 23.5 Å². The van der Waals surface area contributed by atoms with Crippen molar-refractivity contribution in [2.45, 2.75) is 92.3 Å². The van der Waals surface area contributed by atoms with Gasteiger partial charge in [0.15, 0.2) is 0 Å². The molecule has 0 unspecified atom stereocenters. The van der Waals surface area contributed by atoms with Gasteiger partial charge in [-0.15, -0.1) is 0 Å². The lowest BCUT2D eigenvalue weighted by Gasteiger charge is -2.44. The molecule has 2 aromatic carbocycles. The third-order valence-electron chi connectivity index (χ3n) is 7.67. The predicted octanol–water partition coefficient (Wildman–Crippen LogP) is 7.44. The Morgan fingerprint density at radius 1 is 1.11 bits per heavy atom. The first kappa shape index (κ1) is 39.0. The van der Waals surface area contributed by atoms with Gasteiger partial charge < -0.3 is 15.3 Å². The lowest BCUT2D eigenvalue weighted by molar-refractivity contribution is -0.137. The van der Waals surface area contributed by atoms with Crippen molar-refractivity contribution in [3.05, 3.63) is 71.0 Å². The van der Waals surface area contributed by atoms with Crippen molar-refractivity contribution >= 4 is 36.5 Å². The van der Waals surface area contributed by atoms with Crippen LogP contribution in [0, 0.1) is 17.2 Å². The van der Waals surface area contributed by atoms with Crippen molar-refractivity contribution in [1.82, 2.24) is 10.2 Å². The summed E-state index contributed by atoms with van der Waals surface area (Å²) in [7, 11) is 1.73. The average molecular weight is 630 g/mol. The molecule has 0 aromatic heterocycles. The van der Waals surface area contributed by atoms with Gasteiger partial charge in [-0.05, 0) is 86.1 Å². The van der Waals surface area contributed by atoms with E-state index < -0.39 is 11.6 Å². The minimum absolute atomic E-state index is 0.111. The van der Waals surface area contributed by atoms with Crippen LogP contribution in [0.5, 0.6) is 0 Å². The third-order valence-corrected chi connectivity index (χ3v) is 8.12. The molecule has 0 radical (unpaired) electrons. The molecule has 4 rings (SSSR count). The number of hydrogen-bond acceptors (Lipinski definition) is 6. The molecule has 1 heterocycles. The van der Waals surface area contributed by atoms with E-state index in [2.05, 4.69) is 45.6 Å².